The molecule has 0 amide bonds. The second-order valence-corrected chi connectivity index (χ2v) is 8.82. The summed E-state index contributed by atoms with van der Waals surface area (Å²) in [5, 5.41) is 10.4. The molecule has 0 fully saturated rings. The van der Waals surface area contributed by atoms with Gasteiger partial charge in [0, 0.05) is 16.3 Å². The summed E-state index contributed by atoms with van der Waals surface area (Å²) in [6, 6.07) is 16.5. The number of halogens is 1. The van der Waals surface area contributed by atoms with Gasteiger partial charge < -0.3 is 5.11 Å². The quantitative estimate of drug-likeness (QED) is 0.672. The molecule has 3 aromatic rings. The van der Waals surface area contributed by atoms with Gasteiger partial charge in [0.05, 0.1) is 4.90 Å². The van der Waals surface area contributed by atoms with Gasteiger partial charge in [0.15, 0.2) is 0 Å². The van der Waals surface area contributed by atoms with Gasteiger partial charge in [0.2, 0.25) is 10.0 Å². The molecule has 0 bridgehead atoms. The highest BCUT2D eigenvalue weighted by molar-refractivity contribution is 7.89. The normalized spacial score (nSPS) is 12.9. The number of aliphatic hydroxyl groups excluding tert-OH is 1. The molecule has 136 valence electrons. The van der Waals surface area contributed by atoms with Crippen molar-refractivity contribution in [1.82, 2.24) is 4.72 Å². The number of benzene rings is 2. The fraction of sp³-hybridized carbons (Fsp3) is 0.158. The molecule has 0 radical (unpaired) electrons. The number of thiophene rings is 1. The molecule has 0 aliphatic heterocycles. The first kappa shape index (κ1) is 18.7. The summed E-state index contributed by atoms with van der Waals surface area (Å²) in [6.07, 6.45) is -0.744. The first-order valence-corrected chi connectivity index (χ1v) is 10.2. The summed E-state index contributed by atoms with van der Waals surface area (Å²) in [6.45, 7) is 1.62. The minimum Gasteiger partial charge on any atom is -0.383 e. The van der Waals surface area contributed by atoms with E-state index in [0.29, 0.717) is 0 Å². The largest absolute Gasteiger partial charge is 0.383 e. The van der Waals surface area contributed by atoms with Gasteiger partial charge in [-0.2, -0.15) is 0 Å². The Balaban J connectivity index is 1.70. The molecular weight excluding hydrogens is 373 g/mol. The molecule has 26 heavy (non-hydrogen) atoms. The molecule has 3 rings (SSSR count). The van der Waals surface area contributed by atoms with Crippen molar-refractivity contribution in [3.05, 3.63) is 87.4 Å². The summed E-state index contributed by atoms with van der Waals surface area (Å²) in [5.41, 5.74) is 1.06. The van der Waals surface area contributed by atoms with Crippen LogP contribution in [-0.2, 0) is 16.6 Å². The highest BCUT2D eigenvalue weighted by Gasteiger charge is 2.17. The van der Waals surface area contributed by atoms with E-state index in [-0.39, 0.29) is 17.0 Å². The predicted molar refractivity (Wildman–Crippen MR) is 100.0 cm³/mol. The lowest BCUT2D eigenvalue weighted by Gasteiger charge is -2.08. The maximum absolute atomic E-state index is 13.3. The van der Waals surface area contributed by atoms with Crippen LogP contribution in [0.3, 0.4) is 0 Å². The van der Waals surface area contributed by atoms with E-state index in [2.05, 4.69) is 4.72 Å². The van der Waals surface area contributed by atoms with Gasteiger partial charge in [-0.25, -0.2) is 17.5 Å². The molecule has 0 spiro atoms. The average Bonchev–Trinajstić information content (AvgIpc) is 3.11. The third kappa shape index (κ3) is 4.19. The number of sulfonamides is 1. The van der Waals surface area contributed by atoms with E-state index in [1.165, 1.54) is 30.4 Å². The standard InChI is InChI=1S/C19H18FNO3S2/c1-13-11-16(8-9-17(13)20)26(23,24)21-12-15-7-10-18(25-15)19(22)14-5-3-2-4-6-14/h2-11,19,21-22H,12H2,1H3. The highest BCUT2D eigenvalue weighted by Crippen LogP contribution is 2.28. The number of rotatable bonds is 6. The second kappa shape index (κ2) is 7.67. The molecule has 1 unspecified atom stereocenters. The fourth-order valence-electron chi connectivity index (χ4n) is 2.47. The van der Waals surface area contributed by atoms with Gasteiger partial charge in [-0.05, 0) is 48.4 Å². The van der Waals surface area contributed by atoms with E-state index in [9.17, 15) is 17.9 Å². The van der Waals surface area contributed by atoms with Crippen LogP contribution in [0.1, 0.15) is 27.0 Å². The zero-order valence-corrected chi connectivity index (χ0v) is 15.6. The van der Waals surface area contributed by atoms with Crippen LogP contribution in [0.25, 0.3) is 0 Å². The Morgan fingerprint density at radius 1 is 1.12 bits per heavy atom. The van der Waals surface area contributed by atoms with Crippen molar-refractivity contribution in [1.29, 1.82) is 0 Å². The third-order valence-corrected chi connectivity index (χ3v) is 6.48. The van der Waals surface area contributed by atoms with Crippen LogP contribution in [0.5, 0.6) is 0 Å². The van der Waals surface area contributed by atoms with E-state index in [1.807, 2.05) is 30.3 Å². The molecule has 1 atom stereocenters. The molecule has 7 heteroatoms. The van der Waals surface area contributed by atoms with Crippen molar-refractivity contribution in [3.8, 4) is 0 Å². The molecule has 1 heterocycles. The van der Waals surface area contributed by atoms with E-state index in [0.717, 1.165) is 21.4 Å². The van der Waals surface area contributed by atoms with Crippen molar-refractivity contribution in [2.75, 3.05) is 0 Å². The van der Waals surface area contributed by atoms with Crippen molar-refractivity contribution in [3.63, 3.8) is 0 Å². The molecule has 2 N–H and O–H groups in total. The van der Waals surface area contributed by atoms with Crippen LogP contribution in [0, 0.1) is 12.7 Å². The first-order chi connectivity index (χ1) is 12.4. The van der Waals surface area contributed by atoms with Crippen molar-refractivity contribution in [2.24, 2.45) is 0 Å². The lowest BCUT2D eigenvalue weighted by atomic mass is 10.1. The Labute approximate surface area is 156 Å². The maximum Gasteiger partial charge on any atom is 0.240 e. The van der Waals surface area contributed by atoms with Crippen LogP contribution in [0.4, 0.5) is 4.39 Å². The minimum atomic E-state index is -3.73. The van der Waals surface area contributed by atoms with Crippen LogP contribution in [0.2, 0.25) is 0 Å². The molecular formula is C19H18FNO3S2. The Morgan fingerprint density at radius 2 is 1.85 bits per heavy atom. The lowest BCUT2D eigenvalue weighted by Crippen LogP contribution is -2.22. The zero-order valence-electron chi connectivity index (χ0n) is 14.0. The summed E-state index contributed by atoms with van der Waals surface area (Å²) in [5.74, 6) is -0.443. The van der Waals surface area contributed by atoms with E-state index in [1.54, 1.807) is 12.1 Å². The van der Waals surface area contributed by atoms with E-state index in [4.69, 9.17) is 0 Å². The maximum atomic E-state index is 13.3. The summed E-state index contributed by atoms with van der Waals surface area (Å²) >= 11 is 1.34. The lowest BCUT2D eigenvalue weighted by molar-refractivity contribution is 0.224. The van der Waals surface area contributed by atoms with Crippen molar-refractivity contribution < 1.29 is 17.9 Å². The Morgan fingerprint density at radius 3 is 2.54 bits per heavy atom. The molecule has 4 nitrogen and oxygen atoms in total. The predicted octanol–water partition coefficient (Wildman–Crippen LogP) is 3.76. The number of aryl methyl sites for hydroxylation is 1. The van der Waals surface area contributed by atoms with Crippen molar-refractivity contribution >= 4 is 21.4 Å². The number of hydrogen-bond acceptors (Lipinski definition) is 4. The Bertz CT molecular complexity index is 1000. The highest BCUT2D eigenvalue weighted by atomic mass is 32.2. The van der Waals surface area contributed by atoms with Gasteiger partial charge in [0.1, 0.15) is 11.9 Å². The number of aliphatic hydroxyl groups is 1. The molecule has 1 aromatic heterocycles. The van der Waals surface area contributed by atoms with Gasteiger partial charge in [-0.15, -0.1) is 11.3 Å². The van der Waals surface area contributed by atoms with Gasteiger partial charge >= 0.3 is 0 Å². The summed E-state index contributed by atoms with van der Waals surface area (Å²) in [7, 11) is -3.73. The summed E-state index contributed by atoms with van der Waals surface area (Å²) in [4.78, 5) is 1.54. The van der Waals surface area contributed by atoms with E-state index >= 15 is 0 Å². The van der Waals surface area contributed by atoms with E-state index < -0.39 is 21.9 Å². The fourth-order valence-corrected chi connectivity index (χ4v) is 4.62. The summed E-state index contributed by atoms with van der Waals surface area (Å²) < 4.78 is 40.5. The molecule has 0 saturated carbocycles. The topological polar surface area (TPSA) is 66.4 Å². The van der Waals surface area contributed by atoms with Crippen LogP contribution in [-0.4, -0.2) is 13.5 Å². The molecule has 0 saturated heterocycles. The molecule has 0 aliphatic rings. The monoisotopic (exact) mass is 391 g/mol. The van der Waals surface area contributed by atoms with Crippen LogP contribution >= 0.6 is 11.3 Å². The van der Waals surface area contributed by atoms with Gasteiger partial charge in [-0.1, -0.05) is 30.3 Å². The van der Waals surface area contributed by atoms with Crippen LogP contribution < -0.4 is 4.72 Å². The number of hydrogen-bond donors (Lipinski definition) is 2. The van der Waals surface area contributed by atoms with Gasteiger partial charge in [-0.3, -0.25) is 0 Å². The molecule has 2 aromatic carbocycles. The van der Waals surface area contributed by atoms with Crippen molar-refractivity contribution in [2.45, 2.75) is 24.5 Å². The SMILES string of the molecule is Cc1cc(S(=O)(=O)NCc2ccc(C(O)c3ccccc3)s2)ccc1F. The molecule has 0 aliphatic carbocycles. The first-order valence-electron chi connectivity index (χ1n) is 7.94. The minimum absolute atomic E-state index is 0.0255. The average molecular weight is 391 g/mol. The zero-order chi connectivity index (χ0) is 18.7. The Kier molecular flexibility index (Phi) is 5.52. The Hall–Kier alpha value is -2.06. The third-order valence-electron chi connectivity index (χ3n) is 3.94. The van der Waals surface area contributed by atoms with Gasteiger partial charge in [0.25, 0.3) is 0 Å². The second-order valence-electron chi connectivity index (χ2n) is 5.85. The number of nitrogens with one attached hydrogen (secondary N) is 1. The smallest absolute Gasteiger partial charge is 0.240 e. The van der Waals surface area contributed by atoms with Crippen LogP contribution in [0.15, 0.2) is 65.6 Å².